The maximum absolute atomic E-state index is 13.3. The van der Waals surface area contributed by atoms with Gasteiger partial charge in [0.1, 0.15) is 12.8 Å². The van der Waals surface area contributed by atoms with Crippen molar-refractivity contribution < 1.29 is 19.2 Å². The molecule has 0 atom stereocenters. The number of benzene rings is 2. The molecule has 0 bridgehead atoms. The fourth-order valence-corrected chi connectivity index (χ4v) is 4.11. The van der Waals surface area contributed by atoms with E-state index in [9.17, 15) is 14.4 Å². The fraction of sp³-hybridized carbons (Fsp3) is 0.0800. The molecule has 3 aromatic rings. The third-order valence-corrected chi connectivity index (χ3v) is 5.62. The Kier molecular flexibility index (Phi) is 7.12. The molecule has 0 saturated carbocycles. The zero-order valence-corrected chi connectivity index (χ0v) is 19.7. The van der Waals surface area contributed by atoms with Crippen LogP contribution in [0.5, 0.6) is 0 Å². The number of rotatable bonds is 7. The van der Waals surface area contributed by atoms with Crippen molar-refractivity contribution in [3.63, 3.8) is 0 Å². The standard InChI is InChI=1S/C25H21N5O4S/c1-16(31)26-21-14-19(15-35-21)22(29-34-2)24(32)28-30-23(18-11-7-4-8-12-18)27-20(25(30)33)13-17-9-5-3-6-10-17/h3-15H,1-2H3,(H,26,31)(H,28,32)/b20-13+,29-22+. The lowest BCUT2D eigenvalue weighted by molar-refractivity contribution is -0.130. The predicted octanol–water partition coefficient (Wildman–Crippen LogP) is 3.42. The highest BCUT2D eigenvalue weighted by atomic mass is 32.1. The van der Waals surface area contributed by atoms with Crippen LogP contribution in [-0.2, 0) is 19.2 Å². The molecule has 2 aromatic carbocycles. The van der Waals surface area contributed by atoms with Gasteiger partial charge in [0, 0.05) is 23.4 Å². The van der Waals surface area contributed by atoms with E-state index in [0.717, 1.165) is 10.6 Å². The molecule has 1 aliphatic rings. The molecule has 0 spiro atoms. The molecule has 35 heavy (non-hydrogen) atoms. The topological polar surface area (TPSA) is 112 Å². The summed E-state index contributed by atoms with van der Waals surface area (Å²) in [6, 6.07) is 20.0. The number of aliphatic imine (C=N–C) groups is 1. The Hall–Kier alpha value is -4.57. The second kappa shape index (κ2) is 10.6. The summed E-state index contributed by atoms with van der Waals surface area (Å²) in [7, 11) is 1.31. The summed E-state index contributed by atoms with van der Waals surface area (Å²) >= 11 is 1.23. The first-order valence-electron chi connectivity index (χ1n) is 10.5. The molecule has 2 heterocycles. The van der Waals surface area contributed by atoms with E-state index in [1.165, 1.54) is 25.4 Å². The second-order valence-electron chi connectivity index (χ2n) is 7.33. The van der Waals surface area contributed by atoms with Gasteiger partial charge in [-0.15, -0.1) is 11.3 Å². The number of amides is 3. The van der Waals surface area contributed by atoms with Crippen molar-refractivity contribution in [3.05, 3.63) is 94.5 Å². The van der Waals surface area contributed by atoms with Crippen molar-refractivity contribution in [2.75, 3.05) is 12.4 Å². The van der Waals surface area contributed by atoms with Gasteiger partial charge in [0.2, 0.25) is 5.91 Å². The molecular weight excluding hydrogens is 466 g/mol. The van der Waals surface area contributed by atoms with Gasteiger partial charge in [0.15, 0.2) is 11.5 Å². The van der Waals surface area contributed by atoms with E-state index in [-0.39, 0.29) is 23.2 Å². The lowest BCUT2D eigenvalue weighted by Gasteiger charge is -2.19. The first kappa shape index (κ1) is 23.6. The second-order valence-corrected chi connectivity index (χ2v) is 8.24. The van der Waals surface area contributed by atoms with Crippen molar-refractivity contribution >= 4 is 51.7 Å². The van der Waals surface area contributed by atoms with Gasteiger partial charge in [0.25, 0.3) is 11.8 Å². The van der Waals surface area contributed by atoms with E-state index in [0.29, 0.717) is 16.1 Å². The average Bonchev–Trinajstić information content (AvgIpc) is 3.43. The molecule has 0 fully saturated rings. The monoisotopic (exact) mass is 487 g/mol. The summed E-state index contributed by atoms with van der Waals surface area (Å²) in [5.74, 6) is -1.15. The van der Waals surface area contributed by atoms with Gasteiger partial charge >= 0.3 is 0 Å². The Balaban J connectivity index is 1.65. The summed E-state index contributed by atoms with van der Waals surface area (Å²) < 4.78 is 0. The maximum atomic E-state index is 13.3. The van der Waals surface area contributed by atoms with Crippen molar-refractivity contribution in [3.8, 4) is 0 Å². The van der Waals surface area contributed by atoms with E-state index in [1.54, 1.807) is 29.7 Å². The Morgan fingerprint density at radius 2 is 1.77 bits per heavy atom. The molecule has 4 rings (SSSR count). The minimum atomic E-state index is -0.683. The molecule has 0 radical (unpaired) electrons. The van der Waals surface area contributed by atoms with E-state index in [4.69, 9.17) is 4.84 Å². The molecule has 0 saturated heterocycles. The molecule has 0 unspecified atom stereocenters. The summed E-state index contributed by atoms with van der Waals surface area (Å²) in [5, 5.41) is 9.80. The van der Waals surface area contributed by atoms with Gasteiger partial charge < -0.3 is 10.2 Å². The molecule has 2 N–H and O–H groups in total. The van der Waals surface area contributed by atoms with E-state index < -0.39 is 11.8 Å². The minimum absolute atomic E-state index is 0.0685. The lowest BCUT2D eigenvalue weighted by atomic mass is 10.2. The molecular formula is C25H21N5O4S. The molecule has 1 aliphatic heterocycles. The van der Waals surface area contributed by atoms with Crippen LogP contribution in [0, 0.1) is 0 Å². The Labute approximate surface area is 205 Å². The molecule has 176 valence electrons. The molecule has 1 aromatic heterocycles. The Morgan fingerprint density at radius 3 is 2.43 bits per heavy atom. The van der Waals surface area contributed by atoms with Crippen LogP contribution in [0.2, 0.25) is 0 Å². The van der Waals surface area contributed by atoms with Gasteiger partial charge in [-0.2, -0.15) is 5.01 Å². The number of carbonyl (C=O) groups is 3. The zero-order chi connectivity index (χ0) is 24.8. The van der Waals surface area contributed by atoms with Crippen LogP contribution in [0.15, 0.2) is 88.0 Å². The van der Waals surface area contributed by atoms with E-state index in [2.05, 4.69) is 20.9 Å². The van der Waals surface area contributed by atoms with Gasteiger partial charge in [-0.1, -0.05) is 65.8 Å². The first-order chi connectivity index (χ1) is 17.0. The van der Waals surface area contributed by atoms with Crippen molar-refractivity contribution in [1.29, 1.82) is 0 Å². The number of nitrogens with one attached hydrogen (secondary N) is 2. The highest BCUT2D eigenvalue weighted by Crippen LogP contribution is 2.23. The third-order valence-electron chi connectivity index (χ3n) is 4.78. The smallest absolute Gasteiger partial charge is 0.297 e. The third kappa shape index (κ3) is 5.50. The van der Waals surface area contributed by atoms with E-state index >= 15 is 0 Å². The summed E-state index contributed by atoms with van der Waals surface area (Å²) in [5.41, 5.74) is 4.57. The molecule has 9 nitrogen and oxygen atoms in total. The fourth-order valence-electron chi connectivity index (χ4n) is 3.28. The van der Waals surface area contributed by atoms with Crippen molar-refractivity contribution in [2.45, 2.75) is 6.92 Å². The van der Waals surface area contributed by atoms with Crippen molar-refractivity contribution in [2.24, 2.45) is 10.1 Å². The first-order valence-corrected chi connectivity index (χ1v) is 11.4. The summed E-state index contributed by atoms with van der Waals surface area (Å²) in [4.78, 5) is 47.2. The SMILES string of the molecule is CO/N=C(/C(=O)NN1C(=O)/C(=C\c2ccccc2)N=C1c1ccccc1)c1csc(NC(C)=O)c1. The van der Waals surface area contributed by atoms with Crippen LogP contribution < -0.4 is 10.7 Å². The van der Waals surface area contributed by atoms with Crippen LogP contribution >= 0.6 is 11.3 Å². The number of anilines is 1. The van der Waals surface area contributed by atoms with Gasteiger partial charge in [-0.25, -0.2) is 4.99 Å². The number of hydrogen-bond acceptors (Lipinski definition) is 7. The number of amidine groups is 1. The average molecular weight is 488 g/mol. The van der Waals surface area contributed by atoms with Crippen LogP contribution in [0.25, 0.3) is 6.08 Å². The number of carbonyl (C=O) groups excluding carboxylic acids is 3. The highest BCUT2D eigenvalue weighted by Gasteiger charge is 2.34. The van der Waals surface area contributed by atoms with Crippen LogP contribution in [-0.4, -0.2) is 41.4 Å². The number of nitrogens with zero attached hydrogens (tertiary/aromatic N) is 3. The van der Waals surface area contributed by atoms with Crippen LogP contribution in [0.3, 0.4) is 0 Å². The maximum Gasteiger partial charge on any atom is 0.297 e. The quantitative estimate of drug-likeness (QED) is 0.302. The highest BCUT2D eigenvalue weighted by molar-refractivity contribution is 7.14. The predicted molar refractivity (Wildman–Crippen MR) is 135 cm³/mol. The Bertz CT molecular complexity index is 1350. The zero-order valence-electron chi connectivity index (χ0n) is 18.9. The largest absolute Gasteiger partial charge is 0.398 e. The molecule has 3 amide bonds. The molecule has 0 aliphatic carbocycles. The van der Waals surface area contributed by atoms with Crippen LogP contribution in [0.1, 0.15) is 23.6 Å². The lowest BCUT2D eigenvalue weighted by Crippen LogP contribution is -2.49. The number of hydrogen-bond donors (Lipinski definition) is 2. The van der Waals surface area contributed by atoms with E-state index in [1.807, 2.05) is 48.5 Å². The van der Waals surface area contributed by atoms with Gasteiger partial charge in [-0.3, -0.25) is 19.8 Å². The van der Waals surface area contributed by atoms with Gasteiger partial charge in [-0.05, 0) is 17.7 Å². The number of hydrazine groups is 1. The molecule has 10 heteroatoms. The summed E-state index contributed by atoms with van der Waals surface area (Å²) in [6.07, 6.45) is 1.65. The van der Waals surface area contributed by atoms with Crippen LogP contribution in [0.4, 0.5) is 5.00 Å². The number of oxime groups is 1. The minimum Gasteiger partial charge on any atom is -0.398 e. The van der Waals surface area contributed by atoms with Gasteiger partial charge in [0.05, 0.1) is 5.00 Å². The van der Waals surface area contributed by atoms with Crippen molar-refractivity contribution in [1.82, 2.24) is 10.4 Å². The normalized spacial score (nSPS) is 14.6. The summed E-state index contributed by atoms with van der Waals surface area (Å²) in [6.45, 7) is 1.39. The number of thiophene rings is 1. The Morgan fingerprint density at radius 1 is 1.09 bits per heavy atom.